The van der Waals surface area contributed by atoms with Gasteiger partial charge in [-0.1, -0.05) is 53.8 Å². The van der Waals surface area contributed by atoms with E-state index >= 15 is 0 Å². The summed E-state index contributed by atoms with van der Waals surface area (Å²) in [6, 6.07) is 14.3. The summed E-state index contributed by atoms with van der Waals surface area (Å²) in [5.41, 5.74) is 7.20. The van der Waals surface area contributed by atoms with Gasteiger partial charge in [-0.3, -0.25) is 14.7 Å². The molecule has 0 saturated carbocycles. The van der Waals surface area contributed by atoms with Crippen LogP contribution in [0.3, 0.4) is 0 Å². The lowest BCUT2D eigenvalue weighted by atomic mass is 10.1. The molecule has 0 aliphatic carbocycles. The maximum absolute atomic E-state index is 13.1. The number of fused-ring (bicyclic) bond motifs is 1. The predicted octanol–water partition coefficient (Wildman–Crippen LogP) is 1.67. The molecule has 4 rings (SSSR count). The first-order chi connectivity index (χ1) is 14.9. The van der Waals surface area contributed by atoms with Gasteiger partial charge in [0, 0.05) is 0 Å². The molecule has 0 unspecified atom stereocenters. The summed E-state index contributed by atoms with van der Waals surface area (Å²) in [6.45, 7) is 2.00. The topological polar surface area (TPSA) is 125 Å². The molecule has 0 aliphatic rings. The summed E-state index contributed by atoms with van der Waals surface area (Å²) in [4.78, 5) is 38.4. The van der Waals surface area contributed by atoms with E-state index in [9.17, 15) is 14.4 Å². The largest absolute Gasteiger partial charge is 0.337 e. The molecule has 0 radical (unpaired) electrons. The van der Waals surface area contributed by atoms with E-state index in [1.165, 1.54) is 15.9 Å². The zero-order valence-corrected chi connectivity index (χ0v) is 17.5. The van der Waals surface area contributed by atoms with Crippen molar-refractivity contribution in [1.82, 2.24) is 24.6 Å². The minimum absolute atomic E-state index is 0.173. The van der Waals surface area contributed by atoms with Gasteiger partial charge in [-0.05, 0) is 31.0 Å². The SMILES string of the molecule is Cc1nnc(Cn2c(=O)n(C(=O)NC(=O)[C@@H](N)Cc3ccccc3)c3ccccc32)s1. The lowest BCUT2D eigenvalue weighted by molar-refractivity contribution is -0.121. The van der Waals surface area contributed by atoms with Crippen LogP contribution in [0.25, 0.3) is 11.0 Å². The molecule has 2 amide bonds. The number of hydrogen-bond donors (Lipinski definition) is 2. The van der Waals surface area contributed by atoms with Crippen LogP contribution in [0.2, 0.25) is 0 Å². The van der Waals surface area contributed by atoms with Gasteiger partial charge < -0.3 is 5.73 Å². The highest BCUT2D eigenvalue weighted by atomic mass is 32.1. The summed E-state index contributed by atoms with van der Waals surface area (Å²) in [7, 11) is 0. The molecule has 2 aromatic heterocycles. The molecule has 0 aliphatic heterocycles. The monoisotopic (exact) mass is 436 g/mol. The van der Waals surface area contributed by atoms with Crippen LogP contribution >= 0.6 is 11.3 Å². The van der Waals surface area contributed by atoms with E-state index in [-0.39, 0.29) is 13.0 Å². The number of nitrogens with two attached hydrogens (primary N) is 1. The van der Waals surface area contributed by atoms with Gasteiger partial charge in [0.1, 0.15) is 10.0 Å². The number of carbonyl (C=O) groups excluding carboxylic acids is 2. The van der Waals surface area contributed by atoms with Crippen LogP contribution in [0.4, 0.5) is 4.79 Å². The van der Waals surface area contributed by atoms with Crippen molar-refractivity contribution < 1.29 is 9.59 Å². The Labute approximate surface area is 181 Å². The molecular formula is C21H20N6O3S. The number of hydrogen-bond acceptors (Lipinski definition) is 7. The highest BCUT2D eigenvalue weighted by molar-refractivity contribution is 7.11. The average molecular weight is 436 g/mol. The van der Waals surface area contributed by atoms with Crippen molar-refractivity contribution in [2.75, 3.05) is 0 Å². The van der Waals surface area contributed by atoms with E-state index in [0.717, 1.165) is 15.1 Å². The fourth-order valence-electron chi connectivity index (χ4n) is 3.31. The molecule has 4 aromatic rings. The quantitative estimate of drug-likeness (QED) is 0.490. The standard InChI is InChI=1S/C21H20N6O3S/c1-13-24-25-18(31-13)12-26-16-9-5-6-10-17(16)27(21(26)30)20(29)23-19(28)15(22)11-14-7-3-2-4-8-14/h2-10,15H,11-12,22H2,1H3,(H,23,28,29)/t15-/m0/s1. The number of imidazole rings is 1. The molecule has 0 fully saturated rings. The number of rotatable bonds is 5. The summed E-state index contributed by atoms with van der Waals surface area (Å²) in [6.07, 6.45) is 0.271. The van der Waals surface area contributed by atoms with Crippen LogP contribution < -0.4 is 16.7 Å². The molecule has 0 spiro atoms. The highest BCUT2D eigenvalue weighted by Gasteiger charge is 2.23. The fourth-order valence-corrected chi connectivity index (χ4v) is 4.01. The van der Waals surface area contributed by atoms with Crippen molar-refractivity contribution in [2.45, 2.75) is 25.9 Å². The van der Waals surface area contributed by atoms with Gasteiger partial charge in [0.25, 0.3) is 0 Å². The molecule has 9 nitrogen and oxygen atoms in total. The van der Waals surface area contributed by atoms with E-state index < -0.39 is 23.7 Å². The smallest absolute Gasteiger partial charge is 0.320 e. The Morgan fingerprint density at radius 3 is 2.42 bits per heavy atom. The summed E-state index contributed by atoms with van der Waals surface area (Å²) in [5, 5.41) is 11.7. The van der Waals surface area contributed by atoms with Crippen LogP contribution in [-0.4, -0.2) is 37.3 Å². The van der Waals surface area contributed by atoms with Crippen LogP contribution in [-0.2, 0) is 17.8 Å². The van der Waals surface area contributed by atoms with Crippen LogP contribution in [0.15, 0.2) is 59.4 Å². The van der Waals surface area contributed by atoms with Crippen LogP contribution in [0.5, 0.6) is 0 Å². The number of aryl methyl sites for hydroxylation is 1. The molecule has 2 aromatic carbocycles. The number of carbonyl (C=O) groups is 2. The maximum Gasteiger partial charge on any atom is 0.337 e. The van der Waals surface area contributed by atoms with Crippen molar-refractivity contribution in [3.63, 3.8) is 0 Å². The van der Waals surface area contributed by atoms with E-state index in [4.69, 9.17) is 5.73 Å². The first-order valence-electron chi connectivity index (χ1n) is 9.58. The number of nitrogens with one attached hydrogen (secondary N) is 1. The average Bonchev–Trinajstić information content (AvgIpc) is 3.29. The Bertz CT molecular complexity index is 1310. The number of nitrogens with zero attached hydrogens (tertiary/aromatic N) is 4. The first kappa shape index (κ1) is 20.6. The molecule has 3 N–H and O–H groups in total. The fraction of sp³-hybridized carbons (Fsp3) is 0.190. The van der Waals surface area contributed by atoms with Crippen molar-refractivity contribution in [2.24, 2.45) is 5.73 Å². The van der Waals surface area contributed by atoms with Crippen LogP contribution in [0.1, 0.15) is 15.6 Å². The first-order valence-corrected chi connectivity index (χ1v) is 10.4. The Kier molecular flexibility index (Phi) is 5.74. The molecule has 2 heterocycles. The lowest BCUT2D eigenvalue weighted by Crippen LogP contribution is -2.48. The van der Waals surface area contributed by atoms with E-state index in [0.29, 0.717) is 16.0 Å². The van der Waals surface area contributed by atoms with E-state index in [1.807, 2.05) is 37.3 Å². The van der Waals surface area contributed by atoms with Crippen molar-refractivity contribution >= 4 is 34.3 Å². The third-order valence-electron chi connectivity index (χ3n) is 4.77. The minimum atomic E-state index is -0.931. The zero-order chi connectivity index (χ0) is 22.0. The lowest BCUT2D eigenvalue weighted by Gasteiger charge is -2.11. The highest BCUT2D eigenvalue weighted by Crippen LogP contribution is 2.16. The second-order valence-electron chi connectivity index (χ2n) is 7.00. The number of benzene rings is 2. The van der Waals surface area contributed by atoms with Gasteiger partial charge >= 0.3 is 11.7 Å². The van der Waals surface area contributed by atoms with E-state index in [2.05, 4.69) is 15.5 Å². The molecule has 0 saturated heterocycles. The van der Waals surface area contributed by atoms with Crippen molar-refractivity contribution in [1.29, 1.82) is 0 Å². The molecule has 1 atom stereocenters. The number of para-hydroxylation sites is 2. The van der Waals surface area contributed by atoms with Gasteiger partial charge in [0.2, 0.25) is 5.91 Å². The van der Waals surface area contributed by atoms with Crippen molar-refractivity contribution in [3.8, 4) is 0 Å². The summed E-state index contributed by atoms with van der Waals surface area (Å²) in [5.74, 6) is -0.655. The van der Waals surface area contributed by atoms with Gasteiger partial charge in [0.15, 0.2) is 0 Å². The summed E-state index contributed by atoms with van der Waals surface area (Å²) >= 11 is 1.37. The Morgan fingerprint density at radius 1 is 1.06 bits per heavy atom. The Balaban J connectivity index is 1.60. The normalized spacial score (nSPS) is 12.1. The van der Waals surface area contributed by atoms with Gasteiger partial charge in [0.05, 0.1) is 23.6 Å². The molecule has 0 bridgehead atoms. The van der Waals surface area contributed by atoms with Gasteiger partial charge in [-0.15, -0.1) is 10.2 Å². The number of aromatic nitrogens is 4. The third kappa shape index (κ3) is 4.30. The second-order valence-corrected chi connectivity index (χ2v) is 8.26. The minimum Gasteiger partial charge on any atom is -0.320 e. The maximum atomic E-state index is 13.1. The summed E-state index contributed by atoms with van der Waals surface area (Å²) < 4.78 is 2.37. The van der Waals surface area contributed by atoms with Crippen molar-refractivity contribution in [3.05, 3.63) is 80.7 Å². The third-order valence-corrected chi connectivity index (χ3v) is 5.59. The van der Waals surface area contributed by atoms with Gasteiger partial charge in [-0.25, -0.2) is 14.2 Å². The number of imide groups is 1. The van der Waals surface area contributed by atoms with E-state index in [1.54, 1.807) is 24.3 Å². The second kappa shape index (κ2) is 8.62. The van der Waals surface area contributed by atoms with Crippen LogP contribution in [0, 0.1) is 6.92 Å². The Hall–Kier alpha value is -3.63. The molecule has 10 heteroatoms. The number of amides is 2. The molecule has 31 heavy (non-hydrogen) atoms. The zero-order valence-electron chi connectivity index (χ0n) is 16.7. The van der Waals surface area contributed by atoms with Gasteiger partial charge in [-0.2, -0.15) is 0 Å². The Morgan fingerprint density at radius 2 is 1.74 bits per heavy atom. The predicted molar refractivity (Wildman–Crippen MR) is 117 cm³/mol. The molecule has 158 valence electrons. The molecular weight excluding hydrogens is 416 g/mol.